The van der Waals surface area contributed by atoms with Crippen LogP contribution in [0.3, 0.4) is 0 Å². The molecular weight excluding hydrogens is 264 g/mol. The van der Waals surface area contributed by atoms with Gasteiger partial charge in [-0.25, -0.2) is 12.7 Å². The molecule has 108 valence electrons. The Hall–Kier alpha value is -1.02. The lowest BCUT2D eigenvalue weighted by atomic mass is 10.3. The number of aromatic nitrogens is 1. The highest BCUT2D eigenvalue weighted by atomic mass is 32.2. The Labute approximate surface area is 115 Å². The molecule has 19 heavy (non-hydrogen) atoms. The highest BCUT2D eigenvalue weighted by molar-refractivity contribution is 7.89. The second-order valence-corrected chi connectivity index (χ2v) is 6.65. The standard InChI is InChI=1S/C12H22N4O2S/c1-15(2)8-5-9-16(3)19(17,18)12-6-4-7-14-11(12)10-13/h4,6-7H,5,8-10,13H2,1-3H3. The van der Waals surface area contributed by atoms with Crippen LogP contribution in [0, 0.1) is 0 Å². The highest BCUT2D eigenvalue weighted by Gasteiger charge is 2.23. The third kappa shape index (κ3) is 4.24. The zero-order valence-corrected chi connectivity index (χ0v) is 12.5. The summed E-state index contributed by atoms with van der Waals surface area (Å²) in [5, 5.41) is 0. The van der Waals surface area contributed by atoms with Gasteiger partial charge < -0.3 is 10.6 Å². The van der Waals surface area contributed by atoms with Gasteiger partial charge in [0.15, 0.2) is 0 Å². The Bertz CT molecular complexity index is 502. The van der Waals surface area contributed by atoms with E-state index in [9.17, 15) is 8.42 Å². The number of nitrogens with zero attached hydrogens (tertiary/aromatic N) is 3. The smallest absolute Gasteiger partial charge is 0.244 e. The summed E-state index contributed by atoms with van der Waals surface area (Å²) in [5.74, 6) is 0. The maximum absolute atomic E-state index is 12.4. The van der Waals surface area contributed by atoms with Gasteiger partial charge in [-0.15, -0.1) is 0 Å². The topological polar surface area (TPSA) is 79.5 Å². The third-order valence-corrected chi connectivity index (χ3v) is 4.74. The summed E-state index contributed by atoms with van der Waals surface area (Å²) in [6.07, 6.45) is 2.33. The van der Waals surface area contributed by atoms with Crippen LogP contribution in [0.5, 0.6) is 0 Å². The number of pyridine rings is 1. The molecule has 0 saturated carbocycles. The van der Waals surface area contributed by atoms with Gasteiger partial charge in [-0.2, -0.15) is 0 Å². The van der Waals surface area contributed by atoms with E-state index in [4.69, 9.17) is 5.73 Å². The molecule has 0 bridgehead atoms. The van der Waals surface area contributed by atoms with E-state index in [1.54, 1.807) is 25.4 Å². The number of hydrogen-bond acceptors (Lipinski definition) is 5. The number of hydrogen-bond donors (Lipinski definition) is 1. The second-order valence-electron chi connectivity index (χ2n) is 4.64. The fourth-order valence-electron chi connectivity index (χ4n) is 1.71. The molecule has 6 nitrogen and oxygen atoms in total. The summed E-state index contributed by atoms with van der Waals surface area (Å²) in [4.78, 5) is 6.24. The first kappa shape index (κ1) is 16.0. The van der Waals surface area contributed by atoms with Crippen molar-refractivity contribution in [2.45, 2.75) is 17.9 Å². The molecular formula is C12H22N4O2S. The molecule has 1 aromatic rings. The van der Waals surface area contributed by atoms with Crippen molar-refractivity contribution >= 4 is 10.0 Å². The van der Waals surface area contributed by atoms with Crippen molar-refractivity contribution in [1.82, 2.24) is 14.2 Å². The summed E-state index contributed by atoms with van der Waals surface area (Å²) in [7, 11) is 2.00. The van der Waals surface area contributed by atoms with Crippen LogP contribution in [0.4, 0.5) is 0 Å². The lowest BCUT2D eigenvalue weighted by Crippen LogP contribution is -2.31. The van der Waals surface area contributed by atoms with E-state index in [1.165, 1.54) is 4.31 Å². The van der Waals surface area contributed by atoms with E-state index >= 15 is 0 Å². The van der Waals surface area contributed by atoms with E-state index in [0.29, 0.717) is 12.2 Å². The SMILES string of the molecule is CN(C)CCCN(C)S(=O)(=O)c1cccnc1CN. The van der Waals surface area contributed by atoms with Gasteiger partial charge in [0.2, 0.25) is 10.0 Å². The molecule has 0 atom stereocenters. The summed E-state index contributed by atoms with van der Waals surface area (Å²) < 4.78 is 26.2. The largest absolute Gasteiger partial charge is 0.325 e. The van der Waals surface area contributed by atoms with Crippen molar-refractivity contribution in [2.24, 2.45) is 5.73 Å². The van der Waals surface area contributed by atoms with E-state index in [1.807, 2.05) is 19.0 Å². The van der Waals surface area contributed by atoms with Gasteiger partial charge >= 0.3 is 0 Å². The third-order valence-electron chi connectivity index (χ3n) is 2.81. The average Bonchev–Trinajstić information content (AvgIpc) is 2.38. The van der Waals surface area contributed by atoms with Gasteiger partial charge in [-0.1, -0.05) is 0 Å². The molecule has 1 rings (SSSR count). The van der Waals surface area contributed by atoms with Crippen LogP contribution in [0.1, 0.15) is 12.1 Å². The second kappa shape index (κ2) is 6.95. The molecule has 7 heteroatoms. The highest BCUT2D eigenvalue weighted by Crippen LogP contribution is 2.17. The average molecular weight is 286 g/mol. The molecule has 0 unspecified atom stereocenters. The summed E-state index contributed by atoms with van der Waals surface area (Å²) in [5.41, 5.74) is 5.94. The molecule has 0 spiro atoms. The normalized spacial score (nSPS) is 12.3. The molecule has 1 aromatic heterocycles. The maximum Gasteiger partial charge on any atom is 0.244 e. The summed E-state index contributed by atoms with van der Waals surface area (Å²) in [6, 6.07) is 3.16. The number of rotatable bonds is 7. The molecule has 0 aromatic carbocycles. The molecule has 0 aliphatic carbocycles. The quantitative estimate of drug-likeness (QED) is 0.770. The molecule has 0 amide bonds. The molecule has 0 aliphatic heterocycles. The van der Waals surface area contributed by atoms with E-state index in [0.717, 1.165) is 13.0 Å². The van der Waals surface area contributed by atoms with Gasteiger partial charge in [-0.05, 0) is 39.2 Å². The van der Waals surface area contributed by atoms with Gasteiger partial charge in [0.25, 0.3) is 0 Å². The van der Waals surface area contributed by atoms with Crippen LogP contribution in [0.2, 0.25) is 0 Å². The van der Waals surface area contributed by atoms with Crippen LogP contribution in [-0.2, 0) is 16.6 Å². The molecule has 2 N–H and O–H groups in total. The predicted octanol–water partition coefficient (Wildman–Crippen LogP) is 0.113. The fraction of sp³-hybridized carbons (Fsp3) is 0.583. The summed E-state index contributed by atoms with van der Waals surface area (Å²) >= 11 is 0. The number of nitrogens with two attached hydrogens (primary N) is 1. The van der Waals surface area contributed by atoms with Gasteiger partial charge in [-0.3, -0.25) is 4.98 Å². The van der Waals surface area contributed by atoms with Crippen LogP contribution in [0.15, 0.2) is 23.2 Å². The Morgan fingerprint density at radius 3 is 2.53 bits per heavy atom. The summed E-state index contributed by atoms with van der Waals surface area (Å²) in [6.45, 7) is 1.43. The van der Waals surface area contributed by atoms with E-state index in [2.05, 4.69) is 4.98 Å². The lowest BCUT2D eigenvalue weighted by molar-refractivity contribution is 0.370. The zero-order chi connectivity index (χ0) is 14.5. The molecule has 0 fully saturated rings. The Balaban J connectivity index is 2.85. The van der Waals surface area contributed by atoms with Crippen molar-refractivity contribution in [2.75, 3.05) is 34.2 Å². The van der Waals surface area contributed by atoms with Crippen molar-refractivity contribution in [3.8, 4) is 0 Å². The van der Waals surface area contributed by atoms with E-state index in [-0.39, 0.29) is 11.4 Å². The van der Waals surface area contributed by atoms with Crippen molar-refractivity contribution < 1.29 is 8.42 Å². The maximum atomic E-state index is 12.4. The van der Waals surface area contributed by atoms with E-state index < -0.39 is 10.0 Å². The molecule has 0 aliphatic rings. The Kier molecular flexibility index (Phi) is 5.86. The van der Waals surface area contributed by atoms with Crippen molar-refractivity contribution in [1.29, 1.82) is 0 Å². The monoisotopic (exact) mass is 286 g/mol. The Morgan fingerprint density at radius 1 is 1.26 bits per heavy atom. The van der Waals surface area contributed by atoms with Gasteiger partial charge in [0.1, 0.15) is 4.90 Å². The van der Waals surface area contributed by atoms with Crippen LogP contribution >= 0.6 is 0 Å². The first-order valence-electron chi connectivity index (χ1n) is 6.14. The van der Waals surface area contributed by atoms with Crippen LogP contribution in [-0.4, -0.2) is 56.8 Å². The predicted molar refractivity (Wildman–Crippen MR) is 75.1 cm³/mol. The van der Waals surface area contributed by atoms with Crippen molar-refractivity contribution in [3.63, 3.8) is 0 Å². The minimum atomic E-state index is -3.51. The minimum absolute atomic E-state index is 0.112. The van der Waals surface area contributed by atoms with Gasteiger partial charge in [0.05, 0.1) is 5.69 Å². The molecule has 0 saturated heterocycles. The molecule has 0 radical (unpaired) electrons. The van der Waals surface area contributed by atoms with Crippen molar-refractivity contribution in [3.05, 3.63) is 24.0 Å². The van der Waals surface area contributed by atoms with Gasteiger partial charge in [0, 0.05) is 26.3 Å². The Morgan fingerprint density at radius 2 is 1.95 bits per heavy atom. The van der Waals surface area contributed by atoms with Crippen LogP contribution < -0.4 is 5.73 Å². The lowest BCUT2D eigenvalue weighted by Gasteiger charge is -2.19. The first-order valence-corrected chi connectivity index (χ1v) is 7.58. The number of sulfonamides is 1. The zero-order valence-electron chi connectivity index (χ0n) is 11.7. The fourth-order valence-corrected chi connectivity index (χ4v) is 3.10. The van der Waals surface area contributed by atoms with Crippen LogP contribution in [0.25, 0.3) is 0 Å². The first-order chi connectivity index (χ1) is 8.89. The molecule has 1 heterocycles. The minimum Gasteiger partial charge on any atom is -0.325 e.